The predicted molar refractivity (Wildman–Crippen MR) is 58.1 cm³/mol. The molecule has 0 aliphatic carbocycles. The first-order valence-corrected chi connectivity index (χ1v) is 5.83. The normalized spacial score (nSPS) is 16.9. The van der Waals surface area contributed by atoms with Gasteiger partial charge in [0.2, 0.25) is 0 Å². The lowest BCUT2D eigenvalue weighted by Gasteiger charge is -2.16. The van der Waals surface area contributed by atoms with Gasteiger partial charge in [-0.1, -0.05) is 12.1 Å². The molecule has 0 spiro atoms. The van der Waals surface area contributed by atoms with Crippen molar-refractivity contribution in [3.63, 3.8) is 0 Å². The lowest BCUT2D eigenvalue weighted by atomic mass is 10.0. The van der Waals surface area contributed by atoms with Gasteiger partial charge in [-0.15, -0.1) is 11.8 Å². The lowest BCUT2D eigenvalue weighted by molar-refractivity contribution is -0.146. The number of rotatable bonds is 2. The average molecular weight is 224 g/mol. The SMILES string of the molecule is O=C(O)C(O)c1ccc2c(c1)SCCC2. The molecule has 1 heterocycles. The zero-order valence-electron chi connectivity index (χ0n) is 8.14. The van der Waals surface area contributed by atoms with Crippen molar-refractivity contribution in [3.8, 4) is 0 Å². The molecular weight excluding hydrogens is 212 g/mol. The van der Waals surface area contributed by atoms with E-state index in [2.05, 4.69) is 0 Å². The van der Waals surface area contributed by atoms with Gasteiger partial charge in [0.15, 0.2) is 6.10 Å². The Balaban J connectivity index is 2.31. The number of fused-ring (bicyclic) bond motifs is 1. The Bertz CT molecular complexity index is 389. The summed E-state index contributed by atoms with van der Waals surface area (Å²) in [5, 5.41) is 18.1. The molecular formula is C11H12O3S. The molecule has 80 valence electrons. The molecule has 1 unspecified atom stereocenters. The number of carboxylic acid groups (broad SMARTS) is 1. The van der Waals surface area contributed by atoms with Crippen molar-refractivity contribution in [1.82, 2.24) is 0 Å². The maximum Gasteiger partial charge on any atom is 0.337 e. The molecule has 0 radical (unpaired) electrons. The fraction of sp³-hybridized carbons (Fsp3) is 0.364. The molecule has 0 saturated carbocycles. The van der Waals surface area contributed by atoms with Gasteiger partial charge in [-0.25, -0.2) is 4.79 Å². The number of carbonyl (C=O) groups is 1. The monoisotopic (exact) mass is 224 g/mol. The third-order valence-corrected chi connectivity index (χ3v) is 3.67. The van der Waals surface area contributed by atoms with Crippen LogP contribution in [0, 0.1) is 0 Å². The number of benzene rings is 1. The Labute approximate surface area is 92.1 Å². The number of aliphatic carboxylic acids is 1. The molecule has 2 N–H and O–H groups in total. The van der Waals surface area contributed by atoms with Gasteiger partial charge in [0.05, 0.1) is 0 Å². The van der Waals surface area contributed by atoms with Gasteiger partial charge in [-0.2, -0.15) is 0 Å². The van der Waals surface area contributed by atoms with Gasteiger partial charge in [0.25, 0.3) is 0 Å². The van der Waals surface area contributed by atoms with Crippen LogP contribution in [0.1, 0.15) is 23.7 Å². The molecule has 15 heavy (non-hydrogen) atoms. The van der Waals surface area contributed by atoms with Gasteiger partial charge in [-0.05, 0) is 35.8 Å². The summed E-state index contributed by atoms with van der Waals surface area (Å²) in [6.45, 7) is 0. The Kier molecular flexibility index (Phi) is 2.98. The van der Waals surface area contributed by atoms with Crippen LogP contribution >= 0.6 is 11.8 Å². The standard InChI is InChI=1S/C11H12O3S/c12-10(11(13)14)8-4-3-7-2-1-5-15-9(7)6-8/h3-4,6,10,12H,1-2,5H2,(H,13,14). The van der Waals surface area contributed by atoms with Crippen LogP contribution in [-0.4, -0.2) is 21.9 Å². The molecule has 1 aliphatic heterocycles. The quantitative estimate of drug-likeness (QED) is 0.804. The van der Waals surface area contributed by atoms with Crippen LogP contribution in [-0.2, 0) is 11.2 Å². The van der Waals surface area contributed by atoms with E-state index < -0.39 is 12.1 Å². The summed E-state index contributed by atoms with van der Waals surface area (Å²) in [6, 6.07) is 5.41. The molecule has 0 bridgehead atoms. The molecule has 0 fully saturated rings. The predicted octanol–water partition coefficient (Wildman–Crippen LogP) is 1.84. The van der Waals surface area contributed by atoms with E-state index in [1.165, 1.54) is 12.0 Å². The minimum Gasteiger partial charge on any atom is -0.479 e. The molecule has 3 nitrogen and oxygen atoms in total. The summed E-state index contributed by atoms with van der Waals surface area (Å²) in [4.78, 5) is 11.7. The van der Waals surface area contributed by atoms with Crippen molar-refractivity contribution in [2.24, 2.45) is 0 Å². The van der Waals surface area contributed by atoms with E-state index in [1.54, 1.807) is 23.9 Å². The third-order valence-electron chi connectivity index (χ3n) is 2.49. The van der Waals surface area contributed by atoms with Crippen LogP contribution in [0.2, 0.25) is 0 Å². The third kappa shape index (κ3) is 2.16. The highest BCUT2D eigenvalue weighted by Crippen LogP contribution is 2.32. The highest BCUT2D eigenvalue weighted by molar-refractivity contribution is 7.99. The Morgan fingerprint density at radius 2 is 2.27 bits per heavy atom. The number of thioether (sulfide) groups is 1. The van der Waals surface area contributed by atoms with E-state index in [4.69, 9.17) is 5.11 Å². The van der Waals surface area contributed by atoms with E-state index in [0.29, 0.717) is 5.56 Å². The molecule has 0 aromatic heterocycles. The summed E-state index contributed by atoms with van der Waals surface area (Å²) in [5.74, 6) is -0.129. The lowest BCUT2D eigenvalue weighted by Crippen LogP contribution is -2.11. The van der Waals surface area contributed by atoms with Crippen LogP contribution in [0.15, 0.2) is 23.1 Å². The van der Waals surface area contributed by atoms with Crippen molar-refractivity contribution >= 4 is 17.7 Å². The Morgan fingerprint density at radius 3 is 3.00 bits per heavy atom. The molecule has 1 aromatic carbocycles. The van der Waals surface area contributed by atoms with Gasteiger partial charge in [0.1, 0.15) is 0 Å². The molecule has 4 heteroatoms. The molecule has 1 aromatic rings. The second-order valence-corrected chi connectivity index (χ2v) is 4.70. The van der Waals surface area contributed by atoms with Crippen LogP contribution in [0.3, 0.4) is 0 Å². The van der Waals surface area contributed by atoms with Crippen LogP contribution in [0.5, 0.6) is 0 Å². The van der Waals surface area contributed by atoms with Crippen LogP contribution in [0.25, 0.3) is 0 Å². The summed E-state index contributed by atoms with van der Waals surface area (Å²) < 4.78 is 0. The number of aliphatic hydroxyl groups is 1. The fourth-order valence-corrected chi connectivity index (χ4v) is 2.75. The molecule has 0 amide bonds. The zero-order valence-corrected chi connectivity index (χ0v) is 8.96. The first-order valence-electron chi connectivity index (χ1n) is 4.85. The van der Waals surface area contributed by atoms with Gasteiger partial charge >= 0.3 is 5.97 Å². The molecule has 0 saturated heterocycles. The molecule has 1 aliphatic rings. The molecule has 1 atom stereocenters. The van der Waals surface area contributed by atoms with Gasteiger partial charge < -0.3 is 10.2 Å². The van der Waals surface area contributed by atoms with E-state index >= 15 is 0 Å². The summed E-state index contributed by atoms with van der Waals surface area (Å²) in [6.07, 6.45) is 0.808. The van der Waals surface area contributed by atoms with E-state index in [9.17, 15) is 9.90 Å². The van der Waals surface area contributed by atoms with E-state index in [-0.39, 0.29) is 0 Å². The minimum atomic E-state index is -1.40. The first kappa shape index (κ1) is 10.5. The van der Waals surface area contributed by atoms with Gasteiger partial charge in [-0.3, -0.25) is 0 Å². The van der Waals surface area contributed by atoms with Crippen molar-refractivity contribution in [3.05, 3.63) is 29.3 Å². The number of aryl methyl sites for hydroxylation is 1. The zero-order chi connectivity index (χ0) is 10.8. The Morgan fingerprint density at radius 1 is 1.47 bits per heavy atom. The second-order valence-electron chi connectivity index (χ2n) is 3.56. The van der Waals surface area contributed by atoms with E-state index in [0.717, 1.165) is 17.1 Å². The fourth-order valence-electron chi connectivity index (χ4n) is 1.67. The Hall–Kier alpha value is -1.00. The first-order chi connectivity index (χ1) is 7.18. The number of hydrogen-bond donors (Lipinski definition) is 2. The highest BCUT2D eigenvalue weighted by Gasteiger charge is 2.18. The largest absolute Gasteiger partial charge is 0.479 e. The summed E-state index contributed by atoms with van der Waals surface area (Å²) in [5.41, 5.74) is 1.73. The van der Waals surface area contributed by atoms with Crippen LogP contribution in [0.4, 0.5) is 0 Å². The summed E-state index contributed by atoms with van der Waals surface area (Å²) in [7, 11) is 0. The van der Waals surface area contributed by atoms with Crippen molar-refractivity contribution in [1.29, 1.82) is 0 Å². The average Bonchev–Trinajstić information content (AvgIpc) is 2.27. The van der Waals surface area contributed by atoms with E-state index in [1.807, 2.05) is 6.07 Å². The van der Waals surface area contributed by atoms with Gasteiger partial charge in [0, 0.05) is 4.90 Å². The highest BCUT2D eigenvalue weighted by atomic mass is 32.2. The maximum atomic E-state index is 10.6. The maximum absolute atomic E-state index is 10.6. The molecule has 2 rings (SSSR count). The van der Waals surface area contributed by atoms with Crippen molar-refractivity contribution in [2.45, 2.75) is 23.8 Å². The number of carboxylic acids is 1. The van der Waals surface area contributed by atoms with Crippen LogP contribution < -0.4 is 0 Å². The number of hydrogen-bond acceptors (Lipinski definition) is 3. The smallest absolute Gasteiger partial charge is 0.337 e. The number of aliphatic hydroxyl groups excluding tert-OH is 1. The van der Waals surface area contributed by atoms with Crippen molar-refractivity contribution in [2.75, 3.05) is 5.75 Å². The second kappa shape index (κ2) is 4.24. The summed E-state index contributed by atoms with van der Waals surface area (Å²) >= 11 is 1.73. The topological polar surface area (TPSA) is 57.5 Å². The minimum absolute atomic E-state index is 0.468. The van der Waals surface area contributed by atoms with Crippen molar-refractivity contribution < 1.29 is 15.0 Å².